The van der Waals surface area contributed by atoms with Crippen molar-refractivity contribution in [1.29, 1.82) is 0 Å². The molecule has 0 spiro atoms. The molecule has 0 amide bonds. The van der Waals surface area contributed by atoms with Gasteiger partial charge in [0.1, 0.15) is 11.2 Å². The number of para-hydroxylation sites is 1. The van der Waals surface area contributed by atoms with Crippen LogP contribution in [0.4, 0.5) is 17.1 Å². The van der Waals surface area contributed by atoms with E-state index in [1.165, 1.54) is 38.1 Å². The van der Waals surface area contributed by atoms with E-state index in [2.05, 4.69) is 217 Å². The molecule has 11 aromatic rings. The van der Waals surface area contributed by atoms with Gasteiger partial charge in [0.2, 0.25) is 0 Å². The molecule has 0 unspecified atom stereocenters. The van der Waals surface area contributed by atoms with Gasteiger partial charge in [0.25, 0.3) is 0 Å². The molecule has 0 bridgehead atoms. The molecule has 0 radical (unpaired) electrons. The molecule has 1 aromatic heterocycles. The summed E-state index contributed by atoms with van der Waals surface area (Å²) in [5, 5.41) is 9.43. The molecule has 0 saturated carbocycles. The summed E-state index contributed by atoms with van der Waals surface area (Å²) in [5.41, 5.74) is 12.1. The number of furan rings is 1. The van der Waals surface area contributed by atoms with Crippen LogP contribution in [0.5, 0.6) is 0 Å². The van der Waals surface area contributed by atoms with Crippen LogP contribution in [0.3, 0.4) is 0 Å². The number of anilines is 3. The van der Waals surface area contributed by atoms with Crippen molar-refractivity contribution >= 4 is 71.3 Å². The Bertz CT molecular complexity index is 3250. The van der Waals surface area contributed by atoms with Crippen LogP contribution in [0.1, 0.15) is 0 Å². The zero-order chi connectivity index (χ0) is 37.0. The van der Waals surface area contributed by atoms with Crippen LogP contribution in [0.25, 0.3) is 87.6 Å². The number of rotatable bonds is 6. The summed E-state index contributed by atoms with van der Waals surface area (Å²) in [6.07, 6.45) is 0. The lowest BCUT2D eigenvalue weighted by molar-refractivity contribution is 0.672. The summed E-state index contributed by atoms with van der Waals surface area (Å²) >= 11 is 0. The Balaban J connectivity index is 1.19. The second-order valence-corrected chi connectivity index (χ2v) is 14.5. The number of hydrogen-bond acceptors (Lipinski definition) is 2. The first-order valence-corrected chi connectivity index (χ1v) is 19.2. The van der Waals surface area contributed by atoms with Crippen LogP contribution < -0.4 is 4.90 Å². The maximum atomic E-state index is 6.56. The second-order valence-electron chi connectivity index (χ2n) is 14.5. The van der Waals surface area contributed by atoms with E-state index in [1.54, 1.807) is 0 Å². The summed E-state index contributed by atoms with van der Waals surface area (Å²) in [4.78, 5) is 2.48. The first kappa shape index (κ1) is 32.0. The van der Waals surface area contributed by atoms with Gasteiger partial charge in [-0.25, -0.2) is 0 Å². The lowest BCUT2D eigenvalue weighted by Crippen LogP contribution is -2.13. The SMILES string of the molecule is c1ccc(-c2ccc(N(c3ccccc3-c3ccc4oc5c6ccccc6ccc5c4c3)c3cccc4c3ccc3ccccc34)c(-c3ccccc3)c2)cc1. The third kappa shape index (κ3) is 5.26. The molecule has 0 aliphatic rings. The fourth-order valence-electron chi connectivity index (χ4n) is 8.58. The molecule has 0 fully saturated rings. The second kappa shape index (κ2) is 13.2. The highest BCUT2D eigenvalue weighted by Gasteiger charge is 2.23. The zero-order valence-electron chi connectivity index (χ0n) is 30.6. The van der Waals surface area contributed by atoms with Crippen molar-refractivity contribution in [3.63, 3.8) is 0 Å². The van der Waals surface area contributed by atoms with Gasteiger partial charge in [0.15, 0.2) is 0 Å². The monoisotopic (exact) mass is 713 g/mol. The topological polar surface area (TPSA) is 16.4 Å². The maximum Gasteiger partial charge on any atom is 0.143 e. The fraction of sp³-hybridized carbons (Fsp3) is 0. The number of nitrogens with zero attached hydrogens (tertiary/aromatic N) is 1. The third-order valence-electron chi connectivity index (χ3n) is 11.3. The predicted octanol–water partition coefficient (Wildman–Crippen LogP) is 15.5. The standard InChI is InChI=1S/C54H35NO/c1-3-14-36(15-4-1)40-28-32-52(48(34-40)37-16-5-2-6-17-37)55(51-25-13-23-45-42-20-9-7-18-38(42)26-30-46(45)51)50-24-12-11-21-43(50)41-29-33-53-49(35-41)47-31-27-39-19-8-10-22-44(39)54(47)56-53/h1-35H. The average molecular weight is 714 g/mol. The first-order chi connectivity index (χ1) is 27.8. The molecule has 11 rings (SSSR count). The molecule has 10 aromatic carbocycles. The van der Waals surface area contributed by atoms with Crippen LogP contribution >= 0.6 is 0 Å². The van der Waals surface area contributed by atoms with Gasteiger partial charge in [0, 0.05) is 32.7 Å². The minimum atomic E-state index is 0.887. The molecule has 262 valence electrons. The highest BCUT2D eigenvalue weighted by molar-refractivity contribution is 6.16. The molecule has 1 heterocycles. The van der Waals surface area contributed by atoms with E-state index in [9.17, 15) is 0 Å². The maximum absolute atomic E-state index is 6.56. The summed E-state index contributed by atoms with van der Waals surface area (Å²) in [6.45, 7) is 0. The van der Waals surface area contributed by atoms with E-state index in [4.69, 9.17) is 4.42 Å². The zero-order valence-corrected chi connectivity index (χ0v) is 30.6. The molecular weight excluding hydrogens is 679 g/mol. The predicted molar refractivity (Wildman–Crippen MR) is 237 cm³/mol. The number of hydrogen-bond donors (Lipinski definition) is 0. The molecule has 2 heteroatoms. The highest BCUT2D eigenvalue weighted by Crippen LogP contribution is 2.49. The summed E-state index contributed by atoms with van der Waals surface area (Å²) in [5.74, 6) is 0. The molecule has 0 N–H and O–H groups in total. The van der Waals surface area contributed by atoms with Crippen LogP contribution in [0, 0.1) is 0 Å². The van der Waals surface area contributed by atoms with Gasteiger partial charge >= 0.3 is 0 Å². The number of benzene rings is 10. The Hall–Kier alpha value is -7.42. The number of fused-ring (bicyclic) bond motifs is 8. The van der Waals surface area contributed by atoms with E-state index >= 15 is 0 Å². The Morgan fingerprint density at radius 2 is 0.893 bits per heavy atom. The normalized spacial score (nSPS) is 11.6. The van der Waals surface area contributed by atoms with Crippen LogP contribution in [-0.2, 0) is 0 Å². The molecule has 56 heavy (non-hydrogen) atoms. The summed E-state index contributed by atoms with van der Waals surface area (Å²) < 4.78 is 6.56. The lowest BCUT2D eigenvalue weighted by atomic mass is 9.94. The van der Waals surface area contributed by atoms with Gasteiger partial charge in [-0.1, -0.05) is 170 Å². The molecule has 0 saturated heterocycles. The van der Waals surface area contributed by atoms with Crippen molar-refractivity contribution in [3.8, 4) is 33.4 Å². The van der Waals surface area contributed by atoms with Crippen LogP contribution in [0.2, 0.25) is 0 Å². The minimum Gasteiger partial charge on any atom is -0.455 e. The Morgan fingerprint density at radius 1 is 0.286 bits per heavy atom. The van der Waals surface area contributed by atoms with Crippen molar-refractivity contribution in [1.82, 2.24) is 0 Å². The van der Waals surface area contributed by atoms with Gasteiger partial charge in [-0.3, -0.25) is 0 Å². The van der Waals surface area contributed by atoms with E-state index in [-0.39, 0.29) is 0 Å². The van der Waals surface area contributed by atoms with Crippen molar-refractivity contribution in [3.05, 3.63) is 212 Å². The van der Waals surface area contributed by atoms with Crippen LogP contribution in [-0.4, -0.2) is 0 Å². The lowest BCUT2D eigenvalue weighted by Gasteiger charge is -2.31. The largest absolute Gasteiger partial charge is 0.455 e. The van der Waals surface area contributed by atoms with Crippen molar-refractivity contribution in [2.75, 3.05) is 4.90 Å². The molecule has 0 aliphatic carbocycles. The fourth-order valence-corrected chi connectivity index (χ4v) is 8.58. The van der Waals surface area contributed by atoms with Gasteiger partial charge in [-0.15, -0.1) is 0 Å². The Kier molecular flexibility index (Phi) is 7.53. The highest BCUT2D eigenvalue weighted by atomic mass is 16.3. The average Bonchev–Trinajstić information content (AvgIpc) is 3.66. The van der Waals surface area contributed by atoms with Gasteiger partial charge in [-0.05, 0) is 86.3 Å². The van der Waals surface area contributed by atoms with Crippen LogP contribution in [0.15, 0.2) is 217 Å². The molecule has 0 atom stereocenters. The third-order valence-corrected chi connectivity index (χ3v) is 11.3. The van der Waals surface area contributed by atoms with Crippen molar-refractivity contribution in [2.24, 2.45) is 0 Å². The van der Waals surface area contributed by atoms with E-state index in [0.29, 0.717) is 0 Å². The smallest absolute Gasteiger partial charge is 0.143 e. The van der Waals surface area contributed by atoms with Crippen molar-refractivity contribution < 1.29 is 4.42 Å². The van der Waals surface area contributed by atoms with Gasteiger partial charge in [-0.2, -0.15) is 0 Å². The molecule has 0 aliphatic heterocycles. The van der Waals surface area contributed by atoms with E-state index < -0.39 is 0 Å². The quantitative estimate of drug-likeness (QED) is 0.160. The first-order valence-electron chi connectivity index (χ1n) is 19.2. The Labute approximate surface area is 325 Å². The van der Waals surface area contributed by atoms with Gasteiger partial charge < -0.3 is 9.32 Å². The molecule has 2 nitrogen and oxygen atoms in total. The summed E-state index contributed by atoms with van der Waals surface area (Å²) in [7, 11) is 0. The minimum absolute atomic E-state index is 0.887. The van der Waals surface area contributed by atoms with Crippen molar-refractivity contribution in [2.45, 2.75) is 0 Å². The molecular formula is C54H35NO. The Morgan fingerprint density at radius 3 is 1.71 bits per heavy atom. The van der Waals surface area contributed by atoms with E-state index in [1.807, 2.05) is 0 Å². The summed E-state index contributed by atoms with van der Waals surface area (Å²) in [6, 6.07) is 76.6. The van der Waals surface area contributed by atoms with E-state index in [0.717, 1.165) is 66.6 Å². The van der Waals surface area contributed by atoms with Gasteiger partial charge in [0.05, 0.1) is 17.1 Å².